The molecule has 1 atom stereocenters. The third kappa shape index (κ3) is 3.02. The van der Waals surface area contributed by atoms with Gasteiger partial charge in [0.25, 0.3) is 0 Å². The summed E-state index contributed by atoms with van der Waals surface area (Å²) in [4.78, 5) is 0. The van der Waals surface area contributed by atoms with Crippen LogP contribution in [0.15, 0.2) is 30.3 Å². The van der Waals surface area contributed by atoms with Gasteiger partial charge in [-0.25, -0.2) is 0 Å². The molecule has 15 heavy (non-hydrogen) atoms. The van der Waals surface area contributed by atoms with Crippen molar-refractivity contribution < 1.29 is 14.6 Å². The lowest BCUT2D eigenvalue weighted by molar-refractivity contribution is -0.246. The van der Waals surface area contributed by atoms with Crippen LogP contribution in [0.2, 0.25) is 0 Å². The number of hydrogen-bond acceptors (Lipinski definition) is 3. The maximum Gasteiger partial charge on any atom is 0.191 e. The fraction of sp³-hybridized carbons (Fsp3) is 0.500. The van der Waals surface area contributed by atoms with Crippen LogP contribution in [0.25, 0.3) is 0 Å². The second-order valence-corrected chi connectivity index (χ2v) is 3.63. The summed E-state index contributed by atoms with van der Waals surface area (Å²) in [6, 6.07) is 9.77. The summed E-state index contributed by atoms with van der Waals surface area (Å²) in [7, 11) is 3.05. The summed E-state index contributed by atoms with van der Waals surface area (Å²) >= 11 is 0. The molecule has 0 spiro atoms. The molecule has 0 bridgehead atoms. The van der Waals surface area contributed by atoms with Crippen molar-refractivity contribution in [2.45, 2.75) is 25.2 Å². The largest absolute Gasteiger partial charge is 0.387 e. The second-order valence-electron chi connectivity index (χ2n) is 3.63. The van der Waals surface area contributed by atoms with Crippen molar-refractivity contribution in [3.05, 3.63) is 35.9 Å². The average Bonchev–Trinajstić information content (AvgIpc) is 2.29. The zero-order valence-electron chi connectivity index (χ0n) is 9.43. The maximum absolute atomic E-state index is 9.97. The molecule has 0 saturated carbocycles. The zero-order valence-corrected chi connectivity index (χ0v) is 9.43. The molecular weight excluding hydrogens is 192 g/mol. The van der Waals surface area contributed by atoms with Gasteiger partial charge in [-0.2, -0.15) is 0 Å². The lowest BCUT2D eigenvalue weighted by Gasteiger charge is -2.31. The summed E-state index contributed by atoms with van der Waals surface area (Å²) in [5.41, 5.74) is 1.06. The fourth-order valence-electron chi connectivity index (χ4n) is 1.38. The molecule has 0 saturated heterocycles. The minimum Gasteiger partial charge on any atom is -0.387 e. The van der Waals surface area contributed by atoms with Crippen LogP contribution in [-0.2, 0) is 15.9 Å². The van der Waals surface area contributed by atoms with Crippen molar-refractivity contribution in [3.63, 3.8) is 0 Å². The van der Waals surface area contributed by atoms with Crippen molar-refractivity contribution in [1.82, 2.24) is 0 Å². The number of rotatable bonds is 5. The molecule has 1 unspecified atom stereocenters. The van der Waals surface area contributed by atoms with E-state index in [1.165, 1.54) is 14.2 Å². The lowest BCUT2D eigenvalue weighted by Crippen LogP contribution is -2.44. The first kappa shape index (κ1) is 12.2. The molecule has 0 aliphatic carbocycles. The molecule has 1 aromatic carbocycles. The van der Waals surface area contributed by atoms with Crippen LogP contribution in [0, 0.1) is 0 Å². The molecule has 3 heteroatoms. The van der Waals surface area contributed by atoms with E-state index in [1.807, 2.05) is 30.3 Å². The van der Waals surface area contributed by atoms with Crippen molar-refractivity contribution in [1.29, 1.82) is 0 Å². The number of hydrogen-bond donors (Lipinski definition) is 1. The van der Waals surface area contributed by atoms with Crippen molar-refractivity contribution in [3.8, 4) is 0 Å². The van der Waals surface area contributed by atoms with E-state index >= 15 is 0 Å². The molecule has 84 valence electrons. The van der Waals surface area contributed by atoms with Gasteiger partial charge in [-0.3, -0.25) is 0 Å². The Morgan fingerprint density at radius 1 is 1.20 bits per heavy atom. The molecule has 1 rings (SSSR count). The quantitative estimate of drug-likeness (QED) is 0.750. The molecule has 0 aliphatic rings. The molecule has 0 amide bonds. The number of aliphatic hydroxyl groups is 1. The Bertz CT molecular complexity index is 280. The van der Waals surface area contributed by atoms with E-state index < -0.39 is 11.9 Å². The first-order chi connectivity index (χ1) is 7.12. The SMILES string of the molecule is COC(C)(OC)C(O)Cc1ccccc1. The van der Waals surface area contributed by atoms with Gasteiger partial charge in [-0.1, -0.05) is 30.3 Å². The van der Waals surface area contributed by atoms with Gasteiger partial charge in [0.05, 0.1) is 0 Å². The summed E-state index contributed by atoms with van der Waals surface area (Å²) < 4.78 is 10.3. The van der Waals surface area contributed by atoms with Crippen LogP contribution in [-0.4, -0.2) is 31.2 Å². The fourth-order valence-corrected chi connectivity index (χ4v) is 1.38. The predicted octanol–water partition coefficient (Wildman–Crippen LogP) is 1.60. The van der Waals surface area contributed by atoms with Gasteiger partial charge in [-0.15, -0.1) is 0 Å². The standard InChI is InChI=1S/C12H18O3/c1-12(14-2,15-3)11(13)9-10-7-5-4-6-8-10/h4-8,11,13H,9H2,1-3H3. The molecule has 0 fully saturated rings. The topological polar surface area (TPSA) is 38.7 Å². The Kier molecular flexibility index (Phi) is 4.27. The summed E-state index contributed by atoms with van der Waals surface area (Å²) in [5.74, 6) is -0.949. The average molecular weight is 210 g/mol. The van der Waals surface area contributed by atoms with Gasteiger partial charge in [0, 0.05) is 20.6 Å². The molecule has 0 radical (unpaired) electrons. The molecule has 1 aromatic rings. The number of benzene rings is 1. The molecule has 1 N–H and O–H groups in total. The van der Waals surface area contributed by atoms with E-state index in [4.69, 9.17) is 9.47 Å². The predicted molar refractivity (Wildman–Crippen MR) is 58.6 cm³/mol. The second kappa shape index (κ2) is 5.26. The number of methoxy groups -OCH3 is 2. The highest BCUT2D eigenvalue weighted by atomic mass is 16.7. The first-order valence-electron chi connectivity index (χ1n) is 4.94. The van der Waals surface area contributed by atoms with Crippen LogP contribution < -0.4 is 0 Å². The third-order valence-corrected chi connectivity index (χ3v) is 2.69. The van der Waals surface area contributed by atoms with Crippen molar-refractivity contribution in [2.24, 2.45) is 0 Å². The summed E-state index contributed by atoms with van der Waals surface area (Å²) in [6.45, 7) is 1.72. The highest BCUT2D eigenvalue weighted by Crippen LogP contribution is 2.19. The Hall–Kier alpha value is -0.900. The molecule has 3 nitrogen and oxygen atoms in total. The Balaban J connectivity index is 2.66. The normalized spacial score (nSPS) is 13.9. The first-order valence-corrected chi connectivity index (χ1v) is 4.94. The molecular formula is C12H18O3. The molecule has 0 aliphatic heterocycles. The number of ether oxygens (including phenoxy) is 2. The highest BCUT2D eigenvalue weighted by molar-refractivity contribution is 5.15. The van der Waals surface area contributed by atoms with E-state index in [2.05, 4.69) is 0 Å². The van der Waals surface area contributed by atoms with E-state index in [1.54, 1.807) is 6.92 Å². The highest BCUT2D eigenvalue weighted by Gasteiger charge is 2.32. The lowest BCUT2D eigenvalue weighted by atomic mass is 10.0. The van der Waals surface area contributed by atoms with E-state index in [0.717, 1.165) is 5.56 Å². The van der Waals surface area contributed by atoms with Gasteiger partial charge >= 0.3 is 0 Å². The van der Waals surface area contributed by atoms with E-state index in [9.17, 15) is 5.11 Å². The Labute approximate surface area is 90.6 Å². The van der Waals surface area contributed by atoms with Crippen LogP contribution in [0.5, 0.6) is 0 Å². The maximum atomic E-state index is 9.97. The van der Waals surface area contributed by atoms with Crippen LogP contribution >= 0.6 is 0 Å². The minimum atomic E-state index is -0.949. The molecule has 0 heterocycles. The summed E-state index contributed by atoms with van der Waals surface area (Å²) in [5, 5.41) is 9.97. The Morgan fingerprint density at radius 2 is 1.73 bits per heavy atom. The van der Waals surface area contributed by atoms with Crippen LogP contribution in [0.4, 0.5) is 0 Å². The van der Waals surface area contributed by atoms with Gasteiger partial charge in [-0.05, 0) is 12.5 Å². The van der Waals surface area contributed by atoms with Crippen molar-refractivity contribution >= 4 is 0 Å². The monoisotopic (exact) mass is 210 g/mol. The minimum absolute atomic E-state index is 0.513. The van der Waals surface area contributed by atoms with Crippen LogP contribution in [0.1, 0.15) is 12.5 Å². The van der Waals surface area contributed by atoms with E-state index in [0.29, 0.717) is 6.42 Å². The Morgan fingerprint density at radius 3 is 2.20 bits per heavy atom. The van der Waals surface area contributed by atoms with Crippen molar-refractivity contribution in [2.75, 3.05) is 14.2 Å². The van der Waals surface area contributed by atoms with Gasteiger partial charge in [0.1, 0.15) is 6.10 Å². The summed E-state index contributed by atoms with van der Waals surface area (Å²) in [6.07, 6.45) is -0.172. The van der Waals surface area contributed by atoms with Gasteiger partial charge in [0.2, 0.25) is 0 Å². The van der Waals surface area contributed by atoms with E-state index in [-0.39, 0.29) is 0 Å². The van der Waals surface area contributed by atoms with Gasteiger partial charge < -0.3 is 14.6 Å². The van der Waals surface area contributed by atoms with Gasteiger partial charge in [0.15, 0.2) is 5.79 Å². The smallest absolute Gasteiger partial charge is 0.191 e. The zero-order chi connectivity index (χ0) is 11.3. The van der Waals surface area contributed by atoms with Crippen LogP contribution in [0.3, 0.4) is 0 Å². The number of aliphatic hydroxyl groups excluding tert-OH is 1. The molecule has 0 aromatic heterocycles. The third-order valence-electron chi connectivity index (χ3n) is 2.69.